The highest BCUT2D eigenvalue weighted by Gasteiger charge is 2.40. The van der Waals surface area contributed by atoms with E-state index in [4.69, 9.17) is 4.74 Å². The number of para-hydroxylation sites is 1. The molecular formula is C21H18F2N2O4. The van der Waals surface area contributed by atoms with Crippen molar-refractivity contribution in [3.8, 4) is 0 Å². The van der Waals surface area contributed by atoms with Crippen LogP contribution in [-0.4, -0.2) is 24.9 Å². The average Bonchev–Trinajstić information content (AvgIpc) is 2.70. The number of hydrogen-bond acceptors (Lipinski definition) is 4. The first-order valence-electron chi connectivity index (χ1n) is 8.76. The Kier molecular flexibility index (Phi) is 5.72. The molecule has 3 rings (SSSR count). The Bertz CT molecular complexity index is 1000. The van der Waals surface area contributed by atoms with Gasteiger partial charge >= 0.3 is 5.97 Å². The Hall–Kier alpha value is -3.55. The summed E-state index contributed by atoms with van der Waals surface area (Å²) in [5, 5.41) is 2.42. The normalized spacial score (nSPS) is 16.6. The van der Waals surface area contributed by atoms with Crippen LogP contribution >= 0.6 is 0 Å². The van der Waals surface area contributed by atoms with Crippen molar-refractivity contribution in [3.05, 3.63) is 71.4 Å². The molecule has 0 aromatic heterocycles. The Morgan fingerprint density at radius 3 is 2.38 bits per heavy atom. The SMILES string of the molecule is COC(=O)C1=C(C)N(c2ccc(F)cc2)C(=O)CC1C(=O)Nc1ccccc1F. The van der Waals surface area contributed by atoms with Crippen LogP contribution in [0.2, 0.25) is 0 Å². The van der Waals surface area contributed by atoms with Crippen molar-refractivity contribution in [3.63, 3.8) is 0 Å². The van der Waals surface area contributed by atoms with Crippen LogP contribution in [0.3, 0.4) is 0 Å². The number of halogens is 2. The highest BCUT2D eigenvalue weighted by atomic mass is 19.1. The number of methoxy groups -OCH3 is 1. The molecule has 0 aliphatic carbocycles. The van der Waals surface area contributed by atoms with Gasteiger partial charge in [-0.1, -0.05) is 12.1 Å². The first-order valence-corrected chi connectivity index (χ1v) is 8.76. The van der Waals surface area contributed by atoms with E-state index in [-0.39, 0.29) is 23.4 Å². The second kappa shape index (κ2) is 8.22. The van der Waals surface area contributed by atoms with E-state index in [1.165, 1.54) is 54.3 Å². The Morgan fingerprint density at radius 1 is 1.10 bits per heavy atom. The van der Waals surface area contributed by atoms with Crippen LogP contribution in [0.4, 0.5) is 20.2 Å². The third-order valence-electron chi connectivity index (χ3n) is 4.64. The zero-order chi connectivity index (χ0) is 21.1. The van der Waals surface area contributed by atoms with E-state index in [0.717, 1.165) is 7.11 Å². The van der Waals surface area contributed by atoms with Crippen LogP contribution in [0.5, 0.6) is 0 Å². The molecule has 29 heavy (non-hydrogen) atoms. The molecule has 1 N–H and O–H groups in total. The summed E-state index contributed by atoms with van der Waals surface area (Å²) in [6.07, 6.45) is -0.334. The molecule has 2 aromatic carbocycles. The van der Waals surface area contributed by atoms with Crippen molar-refractivity contribution in [1.29, 1.82) is 0 Å². The molecule has 0 radical (unpaired) electrons. The maximum atomic E-state index is 13.9. The first-order chi connectivity index (χ1) is 13.8. The number of hydrogen-bond donors (Lipinski definition) is 1. The van der Waals surface area contributed by atoms with Gasteiger partial charge in [-0.05, 0) is 43.3 Å². The number of esters is 1. The topological polar surface area (TPSA) is 75.7 Å². The lowest BCUT2D eigenvalue weighted by Gasteiger charge is -2.33. The molecule has 6 nitrogen and oxygen atoms in total. The summed E-state index contributed by atoms with van der Waals surface area (Å²) in [6.45, 7) is 1.50. The molecule has 2 amide bonds. The van der Waals surface area contributed by atoms with Gasteiger partial charge in [-0.3, -0.25) is 14.5 Å². The van der Waals surface area contributed by atoms with E-state index in [9.17, 15) is 23.2 Å². The zero-order valence-electron chi connectivity index (χ0n) is 15.7. The third kappa shape index (κ3) is 4.01. The summed E-state index contributed by atoms with van der Waals surface area (Å²) in [4.78, 5) is 39.2. The van der Waals surface area contributed by atoms with E-state index in [0.29, 0.717) is 5.69 Å². The Balaban J connectivity index is 2.01. The Morgan fingerprint density at radius 2 is 1.76 bits per heavy atom. The number of allylic oxidation sites excluding steroid dienone is 1. The van der Waals surface area contributed by atoms with E-state index in [1.54, 1.807) is 6.07 Å². The van der Waals surface area contributed by atoms with Crippen molar-refractivity contribution < 1.29 is 27.9 Å². The van der Waals surface area contributed by atoms with Crippen molar-refractivity contribution >= 4 is 29.2 Å². The van der Waals surface area contributed by atoms with Crippen LogP contribution < -0.4 is 10.2 Å². The summed E-state index contributed by atoms with van der Waals surface area (Å²) in [6, 6.07) is 10.7. The number of carbonyl (C=O) groups is 3. The number of anilines is 2. The minimum Gasteiger partial charge on any atom is -0.466 e. The zero-order valence-corrected chi connectivity index (χ0v) is 15.7. The molecule has 1 aliphatic rings. The van der Waals surface area contributed by atoms with Gasteiger partial charge in [0.2, 0.25) is 11.8 Å². The molecule has 0 bridgehead atoms. The molecule has 1 aliphatic heterocycles. The predicted octanol–water partition coefficient (Wildman–Crippen LogP) is 3.40. The van der Waals surface area contributed by atoms with Gasteiger partial charge < -0.3 is 10.1 Å². The van der Waals surface area contributed by atoms with Gasteiger partial charge in [0.1, 0.15) is 11.6 Å². The van der Waals surface area contributed by atoms with E-state index in [2.05, 4.69) is 5.32 Å². The van der Waals surface area contributed by atoms with Gasteiger partial charge in [0.15, 0.2) is 0 Å². The standard InChI is InChI=1S/C21H18F2N2O4/c1-12-19(21(28)29-2)15(20(27)24-17-6-4-3-5-16(17)23)11-18(26)25(12)14-9-7-13(22)8-10-14/h3-10,15H,11H2,1-2H3,(H,24,27). The van der Waals surface area contributed by atoms with Gasteiger partial charge in [-0.15, -0.1) is 0 Å². The molecule has 150 valence electrons. The summed E-state index contributed by atoms with van der Waals surface area (Å²) >= 11 is 0. The van der Waals surface area contributed by atoms with E-state index in [1.807, 2.05) is 0 Å². The van der Waals surface area contributed by atoms with Crippen LogP contribution in [0, 0.1) is 17.6 Å². The van der Waals surface area contributed by atoms with Gasteiger partial charge in [0.25, 0.3) is 0 Å². The number of amides is 2. The molecule has 2 aromatic rings. The first kappa shape index (κ1) is 20.2. The fraction of sp³-hybridized carbons (Fsp3) is 0.190. The van der Waals surface area contributed by atoms with Crippen molar-refractivity contribution in [2.45, 2.75) is 13.3 Å². The summed E-state index contributed by atoms with van der Waals surface area (Å²) in [7, 11) is 1.16. The van der Waals surface area contributed by atoms with Crippen LogP contribution in [0.15, 0.2) is 59.8 Å². The van der Waals surface area contributed by atoms with Crippen LogP contribution in [0.25, 0.3) is 0 Å². The van der Waals surface area contributed by atoms with Crippen LogP contribution in [0.1, 0.15) is 13.3 Å². The average molecular weight is 400 g/mol. The largest absolute Gasteiger partial charge is 0.466 e. The third-order valence-corrected chi connectivity index (χ3v) is 4.64. The highest BCUT2D eigenvalue weighted by molar-refractivity contribution is 6.10. The maximum absolute atomic E-state index is 13.9. The monoisotopic (exact) mass is 400 g/mol. The van der Waals surface area contributed by atoms with Gasteiger partial charge in [-0.2, -0.15) is 0 Å². The summed E-state index contributed by atoms with van der Waals surface area (Å²) in [5.41, 5.74) is 0.453. The smallest absolute Gasteiger partial charge is 0.336 e. The molecule has 8 heteroatoms. The van der Waals surface area contributed by atoms with Gasteiger partial charge in [-0.25, -0.2) is 13.6 Å². The molecule has 1 atom stereocenters. The lowest BCUT2D eigenvalue weighted by atomic mass is 9.88. The second-order valence-corrected chi connectivity index (χ2v) is 6.42. The Labute approximate surface area is 165 Å². The number of nitrogens with one attached hydrogen (secondary N) is 1. The molecule has 1 heterocycles. The fourth-order valence-electron chi connectivity index (χ4n) is 3.26. The maximum Gasteiger partial charge on any atom is 0.336 e. The van der Waals surface area contributed by atoms with E-state index < -0.39 is 35.3 Å². The molecule has 0 saturated carbocycles. The quantitative estimate of drug-likeness (QED) is 0.799. The fourth-order valence-corrected chi connectivity index (χ4v) is 3.26. The van der Waals surface area contributed by atoms with Crippen molar-refractivity contribution in [2.75, 3.05) is 17.3 Å². The molecule has 0 saturated heterocycles. The van der Waals surface area contributed by atoms with E-state index >= 15 is 0 Å². The van der Waals surface area contributed by atoms with Gasteiger partial charge in [0.05, 0.1) is 24.3 Å². The molecule has 0 fully saturated rings. The second-order valence-electron chi connectivity index (χ2n) is 6.42. The lowest BCUT2D eigenvalue weighted by molar-refractivity contribution is -0.138. The number of carbonyl (C=O) groups excluding carboxylic acids is 3. The number of rotatable bonds is 4. The molecule has 0 spiro atoms. The summed E-state index contributed by atoms with van der Waals surface area (Å²) < 4.78 is 31.9. The minimum atomic E-state index is -1.16. The predicted molar refractivity (Wildman–Crippen MR) is 102 cm³/mol. The molecule has 1 unspecified atom stereocenters. The van der Waals surface area contributed by atoms with Crippen LogP contribution in [-0.2, 0) is 19.1 Å². The summed E-state index contributed by atoms with van der Waals surface area (Å²) in [5.74, 6) is -4.23. The highest BCUT2D eigenvalue weighted by Crippen LogP contribution is 2.34. The lowest BCUT2D eigenvalue weighted by Crippen LogP contribution is -2.43. The number of nitrogens with zero attached hydrogens (tertiary/aromatic N) is 1. The number of ether oxygens (including phenoxy) is 1. The minimum absolute atomic E-state index is 0.0229. The number of benzene rings is 2. The molecular weight excluding hydrogens is 382 g/mol. The van der Waals surface area contributed by atoms with Gasteiger partial charge in [0, 0.05) is 17.8 Å². The van der Waals surface area contributed by atoms with Crippen molar-refractivity contribution in [2.24, 2.45) is 5.92 Å². The van der Waals surface area contributed by atoms with Crippen molar-refractivity contribution in [1.82, 2.24) is 0 Å².